The van der Waals surface area contributed by atoms with Gasteiger partial charge in [-0.1, -0.05) is 11.6 Å². The fraction of sp³-hybridized carbons (Fsp3) is 0.474. The number of aromatic nitrogens is 2. The lowest BCUT2D eigenvalue weighted by Crippen LogP contribution is -2.37. The Bertz CT molecular complexity index is 829. The molecular weight excluding hydrogens is 382 g/mol. The first-order valence-corrected chi connectivity index (χ1v) is 9.77. The molecule has 3 heterocycles. The van der Waals surface area contributed by atoms with Crippen LogP contribution >= 0.6 is 11.6 Å². The molecule has 1 saturated heterocycles. The Hall–Kier alpha value is -2.29. The summed E-state index contributed by atoms with van der Waals surface area (Å²) in [5, 5.41) is 6.98. The Morgan fingerprint density at radius 1 is 1.21 bits per heavy atom. The van der Waals surface area contributed by atoms with Crippen molar-refractivity contribution < 1.29 is 14.2 Å². The molecule has 0 amide bonds. The molecular formula is C19H24ClN5O3. The maximum absolute atomic E-state index is 6.18. The molecule has 2 aliphatic rings. The second-order valence-corrected chi connectivity index (χ2v) is 7.04. The molecule has 9 heteroatoms. The predicted molar refractivity (Wildman–Crippen MR) is 108 cm³/mol. The molecule has 4 rings (SSSR count). The highest BCUT2D eigenvalue weighted by Gasteiger charge is 2.19. The van der Waals surface area contributed by atoms with Crippen molar-refractivity contribution in [1.82, 2.24) is 14.9 Å². The molecule has 0 spiro atoms. The quantitative estimate of drug-likeness (QED) is 0.561. The minimum Gasteiger partial charge on any atom is -0.493 e. The van der Waals surface area contributed by atoms with Crippen molar-refractivity contribution in [3.63, 3.8) is 0 Å². The number of rotatable bonds is 6. The Balaban J connectivity index is 1.43. The van der Waals surface area contributed by atoms with Gasteiger partial charge in [-0.3, -0.25) is 4.90 Å². The van der Waals surface area contributed by atoms with Crippen molar-refractivity contribution in [3.8, 4) is 11.5 Å². The number of fused-ring (bicyclic) bond motifs is 2. The van der Waals surface area contributed by atoms with Gasteiger partial charge in [0.15, 0.2) is 22.5 Å². The molecule has 0 radical (unpaired) electrons. The number of methoxy groups -OCH3 is 1. The molecule has 2 aromatic rings. The molecule has 0 saturated carbocycles. The minimum absolute atomic E-state index is 0.386. The molecule has 2 aliphatic heterocycles. The van der Waals surface area contributed by atoms with E-state index in [9.17, 15) is 0 Å². The van der Waals surface area contributed by atoms with Gasteiger partial charge >= 0.3 is 0 Å². The minimum atomic E-state index is 0.386. The molecule has 1 aromatic heterocycles. The highest BCUT2D eigenvalue weighted by Crippen LogP contribution is 2.39. The van der Waals surface area contributed by atoms with Gasteiger partial charge in [0.25, 0.3) is 0 Å². The van der Waals surface area contributed by atoms with Crippen molar-refractivity contribution in [2.75, 3.05) is 57.2 Å². The van der Waals surface area contributed by atoms with E-state index >= 15 is 0 Å². The van der Waals surface area contributed by atoms with Crippen molar-refractivity contribution >= 4 is 28.8 Å². The number of anilines is 3. The largest absolute Gasteiger partial charge is 0.493 e. The average Bonchev–Trinajstić information content (AvgIpc) is 2.91. The Labute approximate surface area is 169 Å². The monoisotopic (exact) mass is 405 g/mol. The maximum atomic E-state index is 6.18. The zero-order chi connectivity index (χ0) is 19.3. The van der Waals surface area contributed by atoms with Crippen LogP contribution in [-0.4, -0.2) is 61.4 Å². The van der Waals surface area contributed by atoms with E-state index in [0.717, 1.165) is 56.3 Å². The molecule has 150 valence electrons. The second-order valence-electron chi connectivity index (χ2n) is 6.68. The lowest BCUT2D eigenvalue weighted by molar-refractivity contribution is 0.0357. The molecule has 0 unspecified atom stereocenters. The number of halogens is 1. The highest BCUT2D eigenvalue weighted by atomic mass is 35.5. The van der Waals surface area contributed by atoms with Gasteiger partial charge in [0.05, 0.1) is 26.9 Å². The fourth-order valence-corrected chi connectivity index (χ4v) is 3.56. The van der Waals surface area contributed by atoms with Crippen molar-refractivity contribution in [2.24, 2.45) is 0 Å². The Morgan fingerprint density at radius 2 is 2.07 bits per heavy atom. The number of hydrogen-bond acceptors (Lipinski definition) is 8. The average molecular weight is 406 g/mol. The number of benzene rings is 1. The van der Waals surface area contributed by atoms with Gasteiger partial charge in [0.2, 0.25) is 0 Å². The number of hydrogen-bond donors (Lipinski definition) is 2. The third kappa shape index (κ3) is 4.24. The van der Waals surface area contributed by atoms with Crippen LogP contribution in [0.25, 0.3) is 0 Å². The summed E-state index contributed by atoms with van der Waals surface area (Å²) in [7, 11) is 1.64. The van der Waals surface area contributed by atoms with Crippen molar-refractivity contribution in [1.29, 1.82) is 0 Å². The summed E-state index contributed by atoms with van der Waals surface area (Å²) >= 11 is 6.18. The topological polar surface area (TPSA) is 80.8 Å². The third-order valence-electron chi connectivity index (χ3n) is 4.88. The molecule has 28 heavy (non-hydrogen) atoms. The number of ether oxygens (including phenoxy) is 3. The SMILES string of the molecule is COc1cc2c(cc1OCCCN1CCOCC1)CNc1c(Cl)ncnc1N2. The molecule has 2 N–H and O–H groups in total. The van der Waals surface area contributed by atoms with Gasteiger partial charge in [-0.05, 0) is 18.1 Å². The predicted octanol–water partition coefficient (Wildman–Crippen LogP) is 2.91. The van der Waals surface area contributed by atoms with E-state index in [-0.39, 0.29) is 0 Å². The first-order chi connectivity index (χ1) is 13.7. The van der Waals surface area contributed by atoms with Crippen LogP contribution in [-0.2, 0) is 11.3 Å². The van der Waals surface area contributed by atoms with Crippen molar-refractivity contribution in [2.45, 2.75) is 13.0 Å². The molecule has 0 bridgehead atoms. The first kappa shape index (κ1) is 19.0. The summed E-state index contributed by atoms with van der Waals surface area (Å²) in [5.41, 5.74) is 2.63. The summed E-state index contributed by atoms with van der Waals surface area (Å²) < 4.78 is 17.0. The maximum Gasteiger partial charge on any atom is 0.162 e. The van der Waals surface area contributed by atoms with Crippen LogP contribution in [0.1, 0.15) is 12.0 Å². The van der Waals surface area contributed by atoms with E-state index in [1.807, 2.05) is 12.1 Å². The van der Waals surface area contributed by atoms with Gasteiger partial charge in [0.1, 0.15) is 12.0 Å². The molecule has 1 aromatic carbocycles. The van der Waals surface area contributed by atoms with Gasteiger partial charge in [-0.2, -0.15) is 0 Å². The zero-order valence-corrected chi connectivity index (χ0v) is 16.6. The number of nitrogens with zero attached hydrogens (tertiary/aromatic N) is 3. The van der Waals surface area contributed by atoms with E-state index in [1.54, 1.807) is 7.11 Å². The fourth-order valence-electron chi connectivity index (χ4n) is 3.36. The van der Waals surface area contributed by atoms with E-state index < -0.39 is 0 Å². The summed E-state index contributed by atoms with van der Waals surface area (Å²) in [5.74, 6) is 2.05. The lowest BCUT2D eigenvalue weighted by Gasteiger charge is -2.26. The lowest BCUT2D eigenvalue weighted by atomic mass is 10.1. The molecule has 0 atom stereocenters. The van der Waals surface area contributed by atoms with Gasteiger partial charge < -0.3 is 24.8 Å². The summed E-state index contributed by atoms with van der Waals surface area (Å²) in [6.07, 6.45) is 2.39. The summed E-state index contributed by atoms with van der Waals surface area (Å²) in [6, 6.07) is 3.93. The van der Waals surface area contributed by atoms with Gasteiger partial charge in [-0.25, -0.2) is 9.97 Å². The third-order valence-corrected chi connectivity index (χ3v) is 5.17. The van der Waals surface area contributed by atoms with Crippen LogP contribution in [0.3, 0.4) is 0 Å². The highest BCUT2D eigenvalue weighted by molar-refractivity contribution is 6.32. The molecule has 0 aliphatic carbocycles. The number of nitrogens with one attached hydrogen (secondary N) is 2. The molecule has 8 nitrogen and oxygen atoms in total. The van der Waals surface area contributed by atoms with Crippen LogP contribution in [0.15, 0.2) is 18.5 Å². The van der Waals surface area contributed by atoms with Crippen LogP contribution in [0.4, 0.5) is 17.2 Å². The van der Waals surface area contributed by atoms with Crippen LogP contribution in [0.2, 0.25) is 5.15 Å². The standard InChI is InChI=1S/C19H24ClN5O3/c1-26-15-10-14-13(11-21-17-18(20)22-12-23-19(17)24-14)9-16(15)28-6-2-3-25-4-7-27-8-5-25/h9-10,12,21H,2-8,11H2,1H3,(H,22,23,24). The van der Waals surface area contributed by atoms with Crippen LogP contribution in [0, 0.1) is 0 Å². The van der Waals surface area contributed by atoms with Crippen molar-refractivity contribution in [3.05, 3.63) is 29.2 Å². The normalized spacial score (nSPS) is 16.2. The van der Waals surface area contributed by atoms with Gasteiger partial charge in [-0.15, -0.1) is 0 Å². The summed E-state index contributed by atoms with van der Waals surface area (Å²) in [6.45, 7) is 5.83. The summed E-state index contributed by atoms with van der Waals surface area (Å²) in [4.78, 5) is 10.7. The van der Waals surface area contributed by atoms with Gasteiger partial charge in [0, 0.05) is 37.9 Å². The Kier molecular flexibility index (Phi) is 5.99. The Morgan fingerprint density at radius 3 is 2.89 bits per heavy atom. The van der Waals surface area contributed by atoms with E-state index in [2.05, 4.69) is 25.5 Å². The second kappa shape index (κ2) is 8.81. The first-order valence-electron chi connectivity index (χ1n) is 9.40. The van der Waals surface area contributed by atoms with E-state index in [4.69, 9.17) is 25.8 Å². The van der Waals surface area contributed by atoms with Crippen LogP contribution < -0.4 is 20.1 Å². The smallest absolute Gasteiger partial charge is 0.162 e. The van der Waals surface area contributed by atoms with E-state index in [0.29, 0.717) is 35.6 Å². The number of morpholine rings is 1. The zero-order valence-electron chi connectivity index (χ0n) is 15.8. The van der Waals surface area contributed by atoms with E-state index in [1.165, 1.54) is 6.33 Å². The van der Waals surface area contributed by atoms with Crippen LogP contribution in [0.5, 0.6) is 11.5 Å². The molecule has 1 fully saturated rings.